The maximum atomic E-state index is 12.6. The smallest absolute Gasteiger partial charge is 0.328 e. The molecule has 2 heterocycles. The minimum Gasteiger partial charge on any atom is -0.478 e. The number of aliphatic carboxylic acids is 2. The predicted octanol–water partition coefficient (Wildman–Crippen LogP) is 3.18. The number of anilines is 2. The summed E-state index contributed by atoms with van der Waals surface area (Å²) in [7, 11) is -2.53. The average Bonchev–Trinajstić information content (AvgIpc) is 3.31. The van der Waals surface area contributed by atoms with E-state index in [2.05, 4.69) is 20.3 Å². The van der Waals surface area contributed by atoms with Gasteiger partial charge in [-0.2, -0.15) is 0 Å². The molecule has 0 saturated heterocycles. The summed E-state index contributed by atoms with van der Waals surface area (Å²) in [5, 5.41) is 18.8. The number of imidazole rings is 1. The maximum Gasteiger partial charge on any atom is 0.328 e. The van der Waals surface area contributed by atoms with Gasteiger partial charge in [0.25, 0.3) is 8.03 Å². The van der Waals surface area contributed by atoms with Crippen molar-refractivity contribution in [3.05, 3.63) is 49.1 Å². The van der Waals surface area contributed by atoms with E-state index in [0.717, 1.165) is 0 Å². The molecule has 1 aromatic carbocycles. The summed E-state index contributed by atoms with van der Waals surface area (Å²) in [4.78, 5) is 43.4. The van der Waals surface area contributed by atoms with E-state index in [-0.39, 0.29) is 37.0 Å². The highest BCUT2D eigenvalue weighted by Crippen LogP contribution is 2.34. The lowest BCUT2D eigenvalue weighted by molar-refractivity contribution is -0.147. The second-order valence-electron chi connectivity index (χ2n) is 9.22. The number of ether oxygens (including phenoxy) is 2. The van der Waals surface area contributed by atoms with Gasteiger partial charge in [-0.05, 0) is 39.8 Å². The summed E-state index contributed by atoms with van der Waals surface area (Å²) in [6, 6.07) is 6.94. The first-order valence-corrected chi connectivity index (χ1v) is 14.3. The van der Waals surface area contributed by atoms with Crippen LogP contribution in [0.5, 0.6) is 5.75 Å². The summed E-state index contributed by atoms with van der Waals surface area (Å²) < 4.78 is 31.0. The number of carboxylic acids is 2. The first kappa shape index (κ1) is 33.7. The van der Waals surface area contributed by atoms with Crippen molar-refractivity contribution < 1.29 is 43.2 Å². The molecule has 0 aliphatic carbocycles. The Kier molecular flexibility index (Phi) is 13.4. The van der Waals surface area contributed by atoms with Gasteiger partial charge < -0.3 is 39.8 Å². The van der Waals surface area contributed by atoms with Crippen molar-refractivity contribution in [2.24, 2.45) is 0 Å². The van der Waals surface area contributed by atoms with Gasteiger partial charge in [0.15, 0.2) is 11.5 Å². The first-order chi connectivity index (χ1) is 19.8. The Balaban J connectivity index is 0.000000675. The van der Waals surface area contributed by atoms with E-state index >= 15 is 0 Å². The second-order valence-corrected chi connectivity index (χ2v) is 10.5. The van der Waals surface area contributed by atoms with Crippen molar-refractivity contribution in [3.63, 3.8) is 0 Å². The van der Waals surface area contributed by atoms with E-state index in [1.165, 1.54) is 6.33 Å². The Bertz CT molecular complexity index is 1400. The standard InChI is InChI=1S/C22H31N6O5P.C4H4O4/c1-14(2)32-19(29)9-15(3)27-17-7-5-6-8-18(17)33-34(30)13-31-16(4)10-28-12-26-20-21(23)24-11-25-22(20)28;5-3(6)1-2-4(7)8/h5-8,11-12,14-16,27,34H,9-10,13H2,1-4H3,(H2,23,24,25);1-2H,(H,5,6)(H,7,8)/b;2-1+. The number of fused-ring (bicyclic) bond motifs is 1. The summed E-state index contributed by atoms with van der Waals surface area (Å²) in [5.74, 6) is -2.06. The van der Waals surface area contributed by atoms with E-state index in [4.69, 9.17) is 29.9 Å². The van der Waals surface area contributed by atoms with Crippen LogP contribution < -0.4 is 15.6 Å². The molecule has 15 nitrogen and oxygen atoms in total. The highest BCUT2D eigenvalue weighted by atomic mass is 31.1. The Morgan fingerprint density at radius 1 is 1.07 bits per heavy atom. The van der Waals surface area contributed by atoms with Crippen LogP contribution in [0.1, 0.15) is 34.1 Å². The fourth-order valence-corrected chi connectivity index (χ4v) is 4.32. The van der Waals surface area contributed by atoms with Crippen molar-refractivity contribution >= 4 is 48.6 Å². The largest absolute Gasteiger partial charge is 0.478 e. The fourth-order valence-electron chi connectivity index (χ4n) is 3.42. The number of nitrogen functional groups attached to an aromatic ring is 1. The van der Waals surface area contributed by atoms with Crippen molar-refractivity contribution in [1.29, 1.82) is 0 Å². The summed E-state index contributed by atoms with van der Waals surface area (Å²) in [6.45, 7) is 7.79. The highest BCUT2D eigenvalue weighted by Gasteiger charge is 2.16. The monoisotopic (exact) mass is 606 g/mol. The first-order valence-electron chi connectivity index (χ1n) is 12.8. The van der Waals surface area contributed by atoms with Crippen LogP contribution in [0.2, 0.25) is 0 Å². The lowest BCUT2D eigenvalue weighted by Crippen LogP contribution is -2.23. The molecule has 16 heteroatoms. The Morgan fingerprint density at radius 3 is 2.38 bits per heavy atom. The van der Waals surface area contributed by atoms with Crippen molar-refractivity contribution in [2.75, 3.05) is 17.4 Å². The van der Waals surface area contributed by atoms with Crippen molar-refractivity contribution in [2.45, 2.75) is 58.9 Å². The van der Waals surface area contributed by atoms with E-state index in [1.54, 1.807) is 29.1 Å². The topological polar surface area (TPSA) is 218 Å². The van der Waals surface area contributed by atoms with Crippen LogP contribution in [0.4, 0.5) is 11.5 Å². The number of benzene rings is 1. The van der Waals surface area contributed by atoms with Gasteiger partial charge in [0.2, 0.25) is 0 Å². The van der Waals surface area contributed by atoms with E-state index in [9.17, 15) is 18.9 Å². The van der Waals surface area contributed by atoms with Gasteiger partial charge in [-0.25, -0.2) is 24.5 Å². The molecule has 0 spiro atoms. The van der Waals surface area contributed by atoms with Crippen LogP contribution >= 0.6 is 8.03 Å². The number of carbonyl (C=O) groups is 3. The van der Waals surface area contributed by atoms with E-state index in [0.29, 0.717) is 47.1 Å². The number of hydrogen-bond acceptors (Lipinski definition) is 12. The maximum absolute atomic E-state index is 12.6. The van der Waals surface area contributed by atoms with Crippen molar-refractivity contribution in [3.8, 4) is 5.75 Å². The summed E-state index contributed by atoms with van der Waals surface area (Å²) in [5.41, 5.74) is 7.60. The number of carbonyl (C=O) groups excluding carboxylic acids is 1. The third kappa shape index (κ3) is 11.9. The zero-order chi connectivity index (χ0) is 31.2. The van der Waals surface area contributed by atoms with Crippen LogP contribution in [0.15, 0.2) is 49.1 Å². The molecule has 0 saturated carbocycles. The minimum atomic E-state index is -2.53. The molecule has 0 radical (unpaired) electrons. The SMILES string of the molecule is CC(CC(=O)OC(C)C)Nc1ccccc1O[PH](=O)COC(C)Cn1cnc2c(N)ncnc21.O=C(O)/C=C/C(=O)O. The molecule has 2 aromatic heterocycles. The molecule has 3 unspecified atom stereocenters. The normalized spacial score (nSPS) is 13.2. The second kappa shape index (κ2) is 16.7. The number of aromatic nitrogens is 4. The quantitative estimate of drug-likeness (QED) is 0.118. The van der Waals surface area contributed by atoms with E-state index < -0.39 is 20.0 Å². The van der Waals surface area contributed by atoms with Gasteiger partial charge in [-0.15, -0.1) is 0 Å². The van der Waals surface area contributed by atoms with Gasteiger partial charge in [0.05, 0.1) is 37.2 Å². The fraction of sp³-hybridized carbons (Fsp3) is 0.385. The van der Waals surface area contributed by atoms with Crippen LogP contribution in [-0.4, -0.2) is 72.2 Å². The number of nitrogens with one attached hydrogen (secondary N) is 1. The predicted molar refractivity (Wildman–Crippen MR) is 155 cm³/mol. The molecule has 228 valence electrons. The molecule has 0 aliphatic heterocycles. The zero-order valence-corrected chi connectivity index (χ0v) is 24.6. The number of nitrogens with zero attached hydrogens (tertiary/aromatic N) is 4. The van der Waals surface area contributed by atoms with Crippen molar-refractivity contribution in [1.82, 2.24) is 19.5 Å². The van der Waals surface area contributed by atoms with Gasteiger partial charge >= 0.3 is 17.9 Å². The lowest BCUT2D eigenvalue weighted by atomic mass is 10.2. The van der Waals surface area contributed by atoms with Crippen LogP contribution in [0.3, 0.4) is 0 Å². The average molecular weight is 607 g/mol. The minimum absolute atomic E-state index is 0.0554. The van der Waals surface area contributed by atoms with Gasteiger partial charge in [-0.1, -0.05) is 12.1 Å². The van der Waals surface area contributed by atoms with Gasteiger partial charge in [0, 0.05) is 18.2 Å². The number of hydrogen-bond donors (Lipinski definition) is 4. The van der Waals surface area contributed by atoms with Gasteiger partial charge in [0.1, 0.15) is 23.9 Å². The molecular weight excluding hydrogens is 571 g/mol. The third-order valence-corrected chi connectivity index (χ3v) is 5.94. The highest BCUT2D eigenvalue weighted by molar-refractivity contribution is 7.39. The molecule has 0 aliphatic rings. The molecular formula is C26H35N6O9P. The van der Waals surface area contributed by atoms with Gasteiger partial charge in [-0.3, -0.25) is 9.36 Å². The number of rotatable bonds is 14. The van der Waals surface area contributed by atoms with E-state index in [1.807, 2.05) is 33.8 Å². The molecule has 3 atom stereocenters. The molecule has 0 amide bonds. The summed E-state index contributed by atoms with van der Waals surface area (Å²) in [6.07, 6.45) is 3.82. The zero-order valence-electron chi connectivity index (χ0n) is 23.6. The molecule has 5 N–H and O–H groups in total. The summed E-state index contributed by atoms with van der Waals surface area (Å²) >= 11 is 0. The Labute approximate surface area is 242 Å². The number of para-hydroxylation sites is 2. The number of esters is 1. The Hall–Kier alpha value is -4.49. The third-order valence-electron chi connectivity index (χ3n) is 5.09. The lowest BCUT2D eigenvalue weighted by Gasteiger charge is -2.19. The molecule has 0 fully saturated rings. The van der Waals surface area contributed by atoms with Crippen LogP contribution in [0, 0.1) is 0 Å². The molecule has 3 rings (SSSR count). The van der Waals surface area contributed by atoms with Crippen LogP contribution in [-0.2, 0) is 35.0 Å². The number of carboxylic acid groups (broad SMARTS) is 2. The Morgan fingerprint density at radius 2 is 1.74 bits per heavy atom. The van der Waals surface area contributed by atoms with Crippen LogP contribution in [0.25, 0.3) is 11.2 Å². The molecule has 3 aromatic rings. The molecule has 0 bridgehead atoms. The number of nitrogens with two attached hydrogens (primary N) is 1. The molecule has 42 heavy (non-hydrogen) atoms.